The molecule has 1 atom stereocenters. The molecule has 0 saturated carbocycles. The van der Waals surface area contributed by atoms with Crippen molar-refractivity contribution in [2.24, 2.45) is 5.73 Å². The van der Waals surface area contributed by atoms with Crippen LogP contribution in [0.4, 0.5) is 0 Å². The second kappa shape index (κ2) is 6.83. The third-order valence-corrected chi connectivity index (χ3v) is 3.89. The van der Waals surface area contributed by atoms with Gasteiger partial charge < -0.3 is 10.5 Å². The minimum absolute atomic E-state index is 0.0671. The summed E-state index contributed by atoms with van der Waals surface area (Å²) in [5.74, 6) is 1.01. The molecule has 1 rings (SSSR count). The summed E-state index contributed by atoms with van der Waals surface area (Å²) in [4.78, 5) is 0. The molecule has 0 aliphatic carbocycles. The summed E-state index contributed by atoms with van der Waals surface area (Å²) in [5.41, 5.74) is 8.54. The van der Waals surface area contributed by atoms with Crippen LogP contribution in [0, 0.1) is 0 Å². The first-order valence-corrected chi connectivity index (χ1v) is 8.11. The van der Waals surface area contributed by atoms with Crippen LogP contribution in [0.5, 0.6) is 5.75 Å². The summed E-state index contributed by atoms with van der Waals surface area (Å²) < 4.78 is 6.25. The molecule has 2 nitrogen and oxygen atoms in total. The van der Waals surface area contributed by atoms with E-state index in [4.69, 9.17) is 10.5 Å². The number of hydrogen-bond acceptors (Lipinski definition) is 2. The molecular formula is C19H33NO. The van der Waals surface area contributed by atoms with Crippen molar-refractivity contribution in [3.63, 3.8) is 0 Å². The summed E-state index contributed by atoms with van der Waals surface area (Å²) in [6.07, 6.45) is 2.10. The van der Waals surface area contributed by atoms with Crippen molar-refractivity contribution in [3.8, 4) is 5.75 Å². The lowest BCUT2D eigenvalue weighted by Gasteiger charge is -2.29. The molecule has 0 aliphatic rings. The first-order chi connectivity index (χ1) is 9.59. The Balaban J connectivity index is 3.20. The van der Waals surface area contributed by atoms with Crippen molar-refractivity contribution >= 4 is 0 Å². The van der Waals surface area contributed by atoms with Crippen molar-refractivity contribution in [2.45, 2.75) is 78.2 Å². The van der Waals surface area contributed by atoms with Gasteiger partial charge in [-0.25, -0.2) is 0 Å². The van der Waals surface area contributed by atoms with E-state index in [-0.39, 0.29) is 16.9 Å². The molecule has 0 aliphatic heterocycles. The maximum absolute atomic E-state index is 6.25. The number of ether oxygens (including phenoxy) is 1. The molecule has 2 N–H and O–H groups in total. The van der Waals surface area contributed by atoms with Gasteiger partial charge in [-0.3, -0.25) is 0 Å². The maximum Gasteiger partial charge on any atom is 0.123 e. The highest BCUT2D eigenvalue weighted by atomic mass is 16.5. The van der Waals surface area contributed by atoms with E-state index in [0.29, 0.717) is 6.54 Å². The fraction of sp³-hybridized carbons (Fsp3) is 0.684. The zero-order valence-corrected chi connectivity index (χ0v) is 14.9. The van der Waals surface area contributed by atoms with Gasteiger partial charge in [-0.1, -0.05) is 60.6 Å². The first-order valence-electron chi connectivity index (χ1n) is 8.11. The highest BCUT2D eigenvalue weighted by molar-refractivity contribution is 5.43. The summed E-state index contributed by atoms with van der Waals surface area (Å²) in [6, 6.07) is 6.64. The fourth-order valence-electron chi connectivity index (χ4n) is 2.40. The van der Waals surface area contributed by atoms with Crippen molar-refractivity contribution in [1.82, 2.24) is 0 Å². The van der Waals surface area contributed by atoms with Crippen molar-refractivity contribution < 1.29 is 4.74 Å². The van der Waals surface area contributed by atoms with Crippen LogP contribution in [0.15, 0.2) is 18.2 Å². The zero-order valence-electron chi connectivity index (χ0n) is 14.9. The molecule has 0 spiro atoms. The monoisotopic (exact) mass is 291 g/mol. The van der Waals surface area contributed by atoms with E-state index < -0.39 is 0 Å². The Bertz CT molecular complexity index is 452. The van der Waals surface area contributed by atoms with E-state index in [1.165, 1.54) is 11.1 Å². The summed E-state index contributed by atoms with van der Waals surface area (Å²) in [6.45, 7) is 16.3. The van der Waals surface area contributed by atoms with Gasteiger partial charge >= 0.3 is 0 Å². The van der Waals surface area contributed by atoms with E-state index in [9.17, 15) is 0 Å². The van der Waals surface area contributed by atoms with E-state index in [1.807, 2.05) is 0 Å². The summed E-state index contributed by atoms with van der Waals surface area (Å²) in [7, 11) is 0. The lowest BCUT2D eigenvalue weighted by molar-refractivity contribution is 0.185. The van der Waals surface area contributed by atoms with Crippen LogP contribution in [0.25, 0.3) is 0 Å². The SMILES string of the molecule is CCC(CCN)Oc1ccc(C(C)(C)C)cc1C(C)(C)C. The molecular weight excluding hydrogens is 258 g/mol. The minimum atomic E-state index is 0.0671. The second-order valence-electron chi connectivity index (χ2n) is 7.94. The van der Waals surface area contributed by atoms with Gasteiger partial charge in [-0.2, -0.15) is 0 Å². The van der Waals surface area contributed by atoms with Gasteiger partial charge in [0.2, 0.25) is 0 Å². The smallest absolute Gasteiger partial charge is 0.123 e. The topological polar surface area (TPSA) is 35.2 Å². The molecule has 1 aromatic carbocycles. The molecule has 0 aromatic heterocycles. The quantitative estimate of drug-likeness (QED) is 0.846. The molecule has 2 heteroatoms. The zero-order chi connectivity index (χ0) is 16.3. The fourth-order valence-corrected chi connectivity index (χ4v) is 2.40. The second-order valence-corrected chi connectivity index (χ2v) is 7.94. The molecule has 0 heterocycles. The van der Waals surface area contributed by atoms with Gasteiger partial charge in [0, 0.05) is 0 Å². The first kappa shape index (κ1) is 18.0. The Morgan fingerprint density at radius 1 is 1.05 bits per heavy atom. The van der Waals surface area contributed by atoms with Crippen LogP contribution >= 0.6 is 0 Å². The predicted molar refractivity (Wildman–Crippen MR) is 92.2 cm³/mol. The van der Waals surface area contributed by atoms with E-state index in [1.54, 1.807) is 0 Å². The van der Waals surface area contributed by atoms with Crippen molar-refractivity contribution in [3.05, 3.63) is 29.3 Å². The van der Waals surface area contributed by atoms with Gasteiger partial charge in [-0.05, 0) is 47.4 Å². The average molecular weight is 291 g/mol. The highest BCUT2D eigenvalue weighted by Crippen LogP contribution is 2.36. The molecule has 120 valence electrons. The van der Waals surface area contributed by atoms with Crippen LogP contribution in [0.1, 0.15) is 72.4 Å². The van der Waals surface area contributed by atoms with Crippen LogP contribution in [-0.4, -0.2) is 12.6 Å². The lowest BCUT2D eigenvalue weighted by atomic mass is 9.80. The Morgan fingerprint density at radius 3 is 2.10 bits per heavy atom. The van der Waals surface area contributed by atoms with E-state index in [2.05, 4.69) is 66.7 Å². The number of benzene rings is 1. The molecule has 0 bridgehead atoms. The Morgan fingerprint density at radius 2 is 1.67 bits per heavy atom. The molecule has 1 unspecified atom stereocenters. The van der Waals surface area contributed by atoms with Gasteiger partial charge in [0.05, 0.1) is 6.10 Å². The average Bonchev–Trinajstić information content (AvgIpc) is 2.36. The third kappa shape index (κ3) is 5.03. The Labute approximate surface area is 131 Å². The van der Waals surface area contributed by atoms with Gasteiger partial charge in [0.25, 0.3) is 0 Å². The molecule has 0 saturated heterocycles. The minimum Gasteiger partial charge on any atom is -0.490 e. The third-order valence-electron chi connectivity index (χ3n) is 3.89. The molecule has 0 amide bonds. The van der Waals surface area contributed by atoms with Gasteiger partial charge in [0.15, 0.2) is 0 Å². The van der Waals surface area contributed by atoms with Crippen molar-refractivity contribution in [2.75, 3.05) is 6.54 Å². The molecule has 21 heavy (non-hydrogen) atoms. The highest BCUT2D eigenvalue weighted by Gasteiger charge is 2.24. The molecule has 0 fully saturated rings. The van der Waals surface area contributed by atoms with Gasteiger partial charge in [-0.15, -0.1) is 0 Å². The molecule has 1 aromatic rings. The summed E-state index contributed by atoms with van der Waals surface area (Å²) >= 11 is 0. The number of nitrogens with two attached hydrogens (primary N) is 1. The maximum atomic E-state index is 6.25. The standard InChI is InChI=1S/C19H33NO/c1-8-15(11-12-20)21-17-10-9-14(18(2,3)4)13-16(17)19(5,6)7/h9-10,13,15H,8,11-12,20H2,1-7H3. The van der Waals surface area contributed by atoms with Crippen LogP contribution in [0.3, 0.4) is 0 Å². The van der Waals surface area contributed by atoms with Crippen LogP contribution in [-0.2, 0) is 10.8 Å². The largest absolute Gasteiger partial charge is 0.490 e. The number of rotatable bonds is 5. The van der Waals surface area contributed by atoms with Crippen molar-refractivity contribution in [1.29, 1.82) is 0 Å². The Hall–Kier alpha value is -1.02. The van der Waals surface area contributed by atoms with Crippen LogP contribution < -0.4 is 10.5 Å². The van der Waals surface area contributed by atoms with E-state index in [0.717, 1.165) is 18.6 Å². The lowest BCUT2D eigenvalue weighted by Crippen LogP contribution is -2.23. The van der Waals surface area contributed by atoms with Gasteiger partial charge in [0.1, 0.15) is 5.75 Å². The number of hydrogen-bond donors (Lipinski definition) is 1. The normalized spacial score (nSPS) is 14.1. The summed E-state index contributed by atoms with van der Waals surface area (Å²) in [5, 5.41) is 0. The Kier molecular flexibility index (Phi) is 5.86. The van der Waals surface area contributed by atoms with Crippen LogP contribution in [0.2, 0.25) is 0 Å². The predicted octanol–water partition coefficient (Wildman–Crippen LogP) is 4.79. The van der Waals surface area contributed by atoms with E-state index >= 15 is 0 Å². The molecule has 0 radical (unpaired) electrons.